The van der Waals surface area contributed by atoms with Gasteiger partial charge in [-0.05, 0) is 31.0 Å². The fourth-order valence-corrected chi connectivity index (χ4v) is 2.37. The lowest BCUT2D eigenvalue weighted by Gasteiger charge is -2.33. The van der Waals surface area contributed by atoms with Gasteiger partial charge in [0.05, 0.1) is 12.6 Å². The van der Waals surface area contributed by atoms with E-state index in [2.05, 4.69) is 26.9 Å². The van der Waals surface area contributed by atoms with Crippen molar-refractivity contribution in [3.8, 4) is 11.5 Å². The predicted octanol–water partition coefficient (Wildman–Crippen LogP) is 1.33. The molecule has 2 unspecified atom stereocenters. The number of likely N-dealkylation sites (tertiary alicyclic amines) is 1. The minimum absolute atomic E-state index is 0.276. The van der Waals surface area contributed by atoms with E-state index in [0.29, 0.717) is 36.4 Å². The second-order valence-electron chi connectivity index (χ2n) is 5.30. The molecule has 3 rings (SSSR count). The lowest BCUT2D eigenvalue weighted by atomic mass is 9.96. The summed E-state index contributed by atoms with van der Waals surface area (Å²) in [5.74, 6) is 1.43. The number of rotatable bonds is 3. The molecule has 6 heteroatoms. The van der Waals surface area contributed by atoms with Crippen LogP contribution in [-0.4, -0.2) is 44.3 Å². The first kappa shape index (κ1) is 13.2. The number of pyridine rings is 1. The number of piperidine rings is 1. The average molecular weight is 274 g/mol. The maximum Gasteiger partial charge on any atom is 0.241 e. The summed E-state index contributed by atoms with van der Waals surface area (Å²) in [7, 11) is 0. The zero-order chi connectivity index (χ0) is 13.9. The van der Waals surface area contributed by atoms with Crippen molar-refractivity contribution in [1.29, 1.82) is 0 Å². The van der Waals surface area contributed by atoms with Crippen LogP contribution in [0.1, 0.15) is 19.2 Å². The van der Waals surface area contributed by atoms with E-state index >= 15 is 0 Å². The fourth-order valence-electron chi connectivity index (χ4n) is 2.37. The first-order valence-corrected chi connectivity index (χ1v) is 6.87. The van der Waals surface area contributed by atoms with Crippen LogP contribution in [0.3, 0.4) is 0 Å². The average Bonchev–Trinajstić information content (AvgIpc) is 2.92. The Bertz CT molecular complexity index is 557. The maximum absolute atomic E-state index is 9.89. The molecule has 1 aliphatic heterocycles. The van der Waals surface area contributed by atoms with Gasteiger partial charge in [-0.2, -0.15) is 4.98 Å². The van der Waals surface area contributed by atoms with Gasteiger partial charge in [-0.15, -0.1) is 0 Å². The molecule has 1 N–H and O–H groups in total. The van der Waals surface area contributed by atoms with Crippen LogP contribution >= 0.6 is 0 Å². The van der Waals surface area contributed by atoms with Crippen LogP contribution in [0.5, 0.6) is 0 Å². The van der Waals surface area contributed by atoms with Gasteiger partial charge in [0.2, 0.25) is 11.7 Å². The summed E-state index contributed by atoms with van der Waals surface area (Å²) in [4.78, 5) is 10.7. The molecule has 2 atom stereocenters. The third-order valence-electron chi connectivity index (χ3n) is 3.72. The molecule has 0 saturated carbocycles. The molecular formula is C14H18N4O2. The number of aromatic nitrogens is 3. The van der Waals surface area contributed by atoms with Gasteiger partial charge in [-0.1, -0.05) is 18.1 Å². The van der Waals surface area contributed by atoms with Crippen LogP contribution in [0.2, 0.25) is 0 Å². The zero-order valence-electron chi connectivity index (χ0n) is 11.4. The van der Waals surface area contributed by atoms with Gasteiger partial charge in [-0.3, -0.25) is 9.88 Å². The Morgan fingerprint density at radius 2 is 2.35 bits per heavy atom. The molecule has 0 bridgehead atoms. The topological polar surface area (TPSA) is 75.3 Å². The van der Waals surface area contributed by atoms with Crippen LogP contribution < -0.4 is 0 Å². The number of hydrogen-bond acceptors (Lipinski definition) is 6. The summed E-state index contributed by atoms with van der Waals surface area (Å²) in [6.07, 6.45) is 2.41. The Hall–Kier alpha value is -1.79. The summed E-state index contributed by atoms with van der Waals surface area (Å²) < 4.78 is 5.26. The van der Waals surface area contributed by atoms with Crippen molar-refractivity contribution >= 4 is 0 Å². The van der Waals surface area contributed by atoms with Crippen molar-refractivity contribution in [2.24, 2.45) is 5.92 Å². The van der Waals surface area contributed by atoms with Gasteiger partial charge in [0.1, 0.15) is 5.69 Å². The maximum atomic E-state index is 9.89. The highest BCUT2D eigenvalue weighted by Crippen LogP contribution is 2.19. The van der Waals surface area contributed by atoms with Crippen molar-refractivity contribution in [2.75, 3.05) is 13.1 Å². The molecule has 0 amide bonds. The van der Waals surface area contributed by atoms with Crippen molar-refractivity contribution in [3.63, 3.8) is 0 Å². The third kappa shape index (κ3) is 2.86. The minimum atomic E-state index is -0.276. The first-order valence-electron chi connectivity index (χ1n) is 6.87. The summed E-state index contributed by atoms with van der Waals surface area (Å²) >= 11 is 0. The highest BCUT2D eigenvalue weighted by Gasteiger charge is 2.25. The van der Waals surface area contributed by atoms with Crippen LogP contribution in [0.4, 0.5) is 0 Å². The summed E-state index contributed by atoms with van der Waals surface area (Å²) in [5.41, 5.74) is 0.704. The van der Waals surface area contributed by atoms with E-state index in [1.54, 1.807) is 6.20 Å². The molecule has 0 aromatic carbocycles. The molecular weight excluding hydrogens is 256 g/mol. The van der Waals surface area contributed by atoms with Crippen molar-refractivity contribution in [1.82, 2.24) is 20.0 Å². The largest absolute Gasteiger partial charge is 0.392 e. The van der Waals surface area contributed by atoms with Crippen molar-refractivity contribution in [3.05, 3.63) is 30.3 Å². The number of nitrogens with zero attached hydrogens (tertiary/aromatic N) is 4. The van der Waals surface area contributed by atoms with E-state index in [0.717, 1.165) is 13.0 Å². The summed E-state index contributed by atoms with van der Waals surface area (Å²) in [5, 5.41) is 13.8. The van der Waals surface area contributed by atoms with Gasteiger partial charge in [-0.25, -0.2) is 0 Å². The van der Waals surface area contributed by atoms with Crippen LogP contribution in [0.25, 0.3) is 11.5 Å². The lowest BCUT2D eigenvalue weighted by molar-refractivity contribution is 0.0220. The van der Waals surface area contributed by atoms with E-state index in [4.69, 9.17) is 4.52 Å². The SMILES string of the molecule is CC1CCN(Cc2nc(-c3ccccn3)no2)CC1O. The second kappa shape index (κ2) is 5.68. The molecule has 106 valence electrons. The smallest absolute Gasteiger partial charge is 0.241 e. The molecule has 2 aromatic heterocycles. The Morgan fingerprint density at radius 1 is 1.45 bits per heavy atom. The molecule has 1 saturated heterocycles. The lowest BCUT2D eigenvalue weighted by Crippen LogP contribution is -2.42. The third-order valence-corrected chi connectivity index (χ3v) is 3.72. The molecule has 0 radical (unpaired) electrons. The quantitative estimate of drug-likeness (QED) is 0.910. The highest BCUT2D eigenvalue weighted by molar-refractivity contribution is 5.46. The van der Waals surface area contributed by atoms with E-state index < -0.39 is 0 Å². The Labute approximate surface area is 117 Å². The predicted molar refractivity (Wildman–Crippen MR) is 72.6 cm³/mol. The monoisotopic (exact) mass is 274 g/mol. The van der Waals surface area contributed by atoms with E-state index in [1.165, 1.54) is 0 Å². The molecule has 0 spiro atoms. The van der Waals surface area contributed by atoms with E-state index in [9.17, 15) is 5.11 Å². The molecule has 3 heterocycles. The summed E-state index contributed by atoms with van der Waals surface area (Å²) in [6.45, 7) is 4.25. The van der Waals surface area contributed by atoms with Gasteiger partial charge >= 0.3 is 0 Å². The standard InChI is InChI=1S/C14H18N4O2/c1-10-5-7-18(8-12(10)19)9-13-16-14(17-20-13)11-4-2-3-6-15-11/h2-4,6,10,12,19H,5,7-9H2,1H3. The van der Waals surface area contributed by atoms with Crippen molar-refractivity contribution in [2.45, 2.75) is 26.0 Å². The van der Waals surface area contributed by atoms with Gasteiger partial charge in [0.15, 0.2) is 0 Å². The number of hydrogen-bond donors (Lipinski definition) is 1. The van der Waals surface area contributed by atoms with Gasteiger partial charge in [0, 0.05) is 12.7 Å². The van der Waals surface area contributed by atoms with E-state index in [1.807, 2.05) is 18.2 Å². The first-order chi connectivity index (χ1) is 9.72. The van der Waals surface area contributed by atoms with Gasteiger partial charge < -0.3 is 9.63 Å². The molecule has 1 fully saturated rings. The number of β-amino-alcohol motifs (C(OH)–C–C–N with tert-alkyl or cyclic N) is 1. The Morgan fingerprint density at radius 3 is 3.10 bits per heavy atom. The number of aliphatic hydroxyl groups excluding tert-OH is 1. The Balaban J connectivity index is 1.66. The summed E-state index contributed by atoms with van der Waals surface area (Å²) in [6, 6.07) is 5.59. The highest BCUT2D eigenvalue weighted by atomic mass is 16.5. The van der Waals surface area contributed by atoms with Crippen LogP contribution in [0.15, 0.2) is 28.9 Å². The fraction of sp³-hybridized carbons (Fsp3) is 0.500. The second-order valence-corrected chi connectivity index (χ2v) is 5.30. The number of aliphatic hydroxyl groups is 1. The molecule has 6 nitrogen and oxygen atoms in total. The van der Waals surface area contributed by atoms with Crippen LogP contribution in [-0.2, 0) is 6.54 Å². The Kier molecular flexibility index (Phi) is 3.75. The molecule has 1 aliphatic rings. The molecule has 2 aromatic rings. The molecule has 20 heavy (non-hydrogen) atoms. The molecule has 0 aliphatic carbocycles. The zero-order valence-corrected chi connectivity index (χ0v) is 11.4. The van der Waals surface area contributed by atoms with E-state index in [-0.39, 0.29) is 6.10 Å². The van der Waals surface area contributed by atoms with Crippen molar-refractivity contribution < 1.29 is 9.63 Å². The minimum Gasteiger partial charge on any atom is -0.392 e. The normalized spacial score (nSPS) is 23.9. The van der Waals surface area contributed by atoms with Crippen LogP contribution in [0, 0.1) is 5.92 Å². The van der Waals surface area contributed by atoms with Gasteiger partial charge in [0.25, 0.3) is 0 Å².